The van der Waals surface area contributed by atoms with Crippen molar-refractivity contribution in [3.63, 3.8) is 0 Å². The van der Waals surface area contributed by atoms with Gasteiger partial charge in [0, 0.05) is 9.75 Å². The zero-order valence-corrected chi connectivity index (χ0v) is 12.0. The van der Waals surface area contributed by atoms with Crippen molar-refractivity contribution in [2.45, 2.75) is 26.8 Å². The lowest BCUT2D eigenvalue weighted by Gasteiger charge is -2.17. The summed E-state index contributed by atoms with van der Waals surface area (Å²) in [5, 5.41) is 3.32. The Morgan fingerprint density at radius 2 is 1.83 bits per heavy atom. The zero-order chi connectivity index (χ0) is 13.3. The van der Waals surface area contributed by atoms with Crippen LogP contribution >= 0.6 is 11.3 Å². The summed E-state index contributed by atoms with van der Waals surface area (Å²) in [5.41, 5.74) is 3.10. The summed E-state index contributed by atoms with van der Waals surface area (Å²) < 4.78 is 13.3. The van der Waals surface area contributed by atoms with E-state index < -0.39 is 0 Å². The van der Waals surface area contributed by atoms with Crippen LogP contribution in [0.15, 0.2) is 24.3 Å². The number of halogens is 1. The van der Waals surface area contributed by atoms with Crippen LogP contribution in [0.4, 0.5) is 4.39 Å². The highest BCUT2D eigenvalue weighted by molar-refractivity contribution is 7.12. The van der Waals surface area contributed by atoms with E-state index in [1.165, 1.54) is 15.3 Å². The number of thiophene rings is 1. The fraction of sp³-hybridized carbons (Fsp3) is 0.333. The van der Waals surface area contributed by atoms with E-state index in [1.54, 1.807) is 24.3 Å². The van der Waals surface area contributed by atoms with Crippen LogP contribution in [0, 0.1) is 26.6 Å². The lowest BCUT2D eigenvalue weighted by atomic mass is 10.0. The SMILES string of the molecule is CNC(c1ccc(F)c(C)c1)c1sc(C)cc1C. The number of nitrogens with one attached hydrogen (secondary N) is 1. The molecule has 2 aromatic rings. The minimum absolute atomic E-state index is 0.142. The minimum atomic E-state index is -0.146. The average Bonchev–Trinajstić information content (AvgIpc) is 2.64. The summed E-state index contributed by atoms with van der Waals surface area (Å²) in [6, 6.07) is 7.66. The van der Waals surface area contributed by atoms with E-state index in [2.05, 4.69) is 25.2 Å². The Bertz CT molecular complexity index is 560. The predicted octanol–water partition coefficient (Wildman–Crippen LogP) is 4.12. The van der Waals surface area contributed by atoms with Gasteiger partial charge in [0.25, 0.3) is 0 Å². The highest BCUT2D eigenvalue weighted by Crippen LogP contribution is 2.32. The number of rotatable bonds is 3. The van der Waals surface area contributed by atoms with Crippen LogP contribution in [0.1, 0.15) is 32.5 Å². The molecule has 1 aromatic heterocycles. The van der Waals surface area contributed by atoms with Gasteiger partial charge in [0.05, 0.1) is 6.04 Å². The second-order valence-corrected chi connectivity index (χ2v) is 5.92. The molecule has 0 fully saturated rings. The monoisotopic (exact) mass is 263 g/mol. The van der Waals surface area contributed by atoms with Crippen molar-refractivity contribution >= 4 is 11.3 Å². The third-order valence-electron chi connectivity index (χ3n) is 3.15. The maximum absolute atomic E-state index is 13.3. The van der Waals surface area contributed by atoms with Gasteiger partial charge in [0.15, 0.2) is 0 Å². The summed E-state index contributed by atoms with van der Waals surface area (Å²) in [4.78, 5) is 2.61. The van der Waals surface area contributed by atoms with Gasteiger partial charge >= 0.3 is 0 Å². The van der Waals surface area contributed by atoms with E-state index in [0.29, 0.717) is 5.56 Å². The first-order valence-corrected chi connectivity index (χ1v) is 6.85. The van der Waals surface area contributed by atoms with Crippen molar-refractivity contribution in [3.05, 3.63) is 56.5 Å². The molecular weight excluding hydrogens is 245 g/mol. The molecule has 0 saturated heterocycles. The van der Waals surface area contributed by atoms with Crippen molar-refractivity contribution in [3.8, 4) is 0 Å². The van der Waals surface area contributed by atoms with Gasteiger partial charge in [-0.05, 0) is 56.6 Å². The zero-order valence-electron chi connectivity index (χ0n) is 11.2. The molecule has 1 atom stereocenters. The third kappa shape index (κ3) is 2.47. The molecule has 0 aliphatic rings. The number of benzene rings is 1. The quantitative estimate of drug-likeness (QED) is 0.878. The molecule has 1 nitrogen and oxygen atoms in total. The molecule has 0 aliphatic heterocycles. The molecule has 0 bridgehead atoms. The minimum Gasteiger partial charge on any atom is -0.309 e. The highest BCUT2D eigenvalue weighted by atomic mass is 32.1. The van der Waals surface area contributed by atoms with E-state index >= 15 is 0 Å². The van der Waals surface area contributed by atoms with Crippen LogP contribution in [0.2, 0.25) is 0 Å². The van der Waals surface area contributed by atoms with Gasteiger partial charge in [-0.1, -0.05) is 12.1 Å². The molecular formula is C15H18FNS. The number of hydrogen-bond acceptors (Lipinski definition) is 2. The van der Waals surface area contributed by atoms with Crippen LogP contribution in [-0.2, 0) is 0 Å². The molecule has 0 spiro atoms. The Balaban J connectivity index is 2.45. The van der Waals surface area contributed by atoms with E-state index in [9.17, 15) is 4.39 Å². The largest absolute Gasteiger partial charge is 0.309 e. The lowest BCUT2D eigenvalue weighted by molar-refractivity contribution is 0.614. The number of aryl methyl sites for hydroxylation is 3. The van der Waals surface area contributed by atoms with Gasteiger partial charge in [0.2, 0.25) is 0 Å². The van der Waals surface area contributed by atoms with E-state index in [1.807, 2.05) is 19.2 Å². The topological polar surface area (TPSA) is 12.0 Å². The summed E-state index contributed by atoms with van der Waals surface area (Å²) >= 11 is 1.80. The van der Waals surface area contributed by atoms with Gasteiger partial charge in [0.1, 0.15) is 5.82 Å². The molecule has 2 rings (SSSR count). The highest BCUT2D eigenvalue weighted by Gasteiger charge is 2.17. The molecule has 96 valence electrons. The Morgan fingerprint density at radius 1 is 1.11 bits per heavy atom. The molecule has 1 unspecified atom stereocenters. The summed E-state index contributed by atoms with van der Waals surface area (Å²) in [5.74, 6) is -0.146. The lowest BCUT2D eigenvalue weighted by Crippen LogP contribution is -2.17. The molecule has 0 amide bonds. The van der Waals surface area contributed by atoms with E-state index in [-0.39, 0.29) is 11.9 Å². The van der Waals surface area contributed by atoms with Crippen molar-refractivity contribution in [2.75, 3.05) is 7.05 Å². The molecule has 3 heteroatoms. The first kappa shape index (κ1) is 13.2. The van der Waals surface area contributed by atoms with Crippen molar-refractivity contribution in [1.29, 1.82) is 0 Å². The van der Waals surface area contributed by atoms with Crippen molar-refractivity contribution in [2.24, 2.45) is 0 Å². The van der Waals surface area contributed by atoms with Gasteiger partial charge in [-0.2, -0.15) is 0 Å². The Labute approximate surface area is 112 Å². The molecule has 1 N–H and O–H groups in total. The van der Waals surface area contributed by atoms with Crippen LogP contribution in [0.5, 0.6) is 0 Å². The van der Waals surface area contributed by atoms with Crippen LogP contribution in [0.25, 0.3) is 0 Å². The maximum atomic E-state index is 13.3. The summed E-state index contributed by atoms with van der Waals surface area (Å²) in [7, 11) is 1.94. The summed E-state index contributed by atoms with van der Waals surface area (Å²) in [6.45, 7) is 6.04. The third-order valence-corrected chi connectivity index (χ3v) is 4.36. The molecule has 18 heavy (non-hydrogen) atoms. The molecule has 0 saturated carbocycles. The summed E-state index contributed by atoms with van der Waals surface area (Å²) in [6.07, 6.45) is 0. The van der Waals surface area contributed by atoms with Crippen molar-refractivity contribution in [1.82, 2.24) is 5.32 Å². The standard InChI is InChI=1S/C15H18FNS/c1-9-8-12(5-6-13(9)16)14(17-4)15-10(2)7-11(3)18-15/h5-8,14,17H,1-4H3. The second kappa shape index (κ2) is 5.21. The van der Waals surface area contributed by atoms with E-state index in [0.717, 1.165) is 5.56 Å². The average molecular weight is 263 g/mol. The van der Waals surface area contributed by atoms with Gasteiger partial charge < -0.3 is 5.32 Å². The van der Waals surface area contributed by atoms with Gasteiger partial charge in [-0.25, -0.2) is 4.39 Å². The van der Waals surface area contributed by atoms with Crippen molar-refractivity contribution < 1.29 is 4.39 Å². The maximum Gasteiger partial charge on any atom is 0.126 e. The molecule has 0 aliphatic carbocycles. The first-order valence-electron chi connectivity index (χ1n) is 6.03. The Morgan fingerprint density at radius 3 is 2.33 bits per heavy atom. The van der Waals surface area contributed by atoms with Crippen LogP contribution < -0.4 is 5.32 Å². The normalized spacial score (nSPS) is 12.7. The second-order valence-electron chi connectivity index (χ2n) is 4.63. The number of hydrogen-bond donors (Lipinski definition) is 1. The fourth-order valence-corrected chi connectivity index (χ4v) is 3.42. The smallest absolute Gasteiger partial charge is 0.126 e. The molecule has 0 radical (unpaired) electrons. The first-order chi connectivity index (χ1) is 8.52. The van der Waals surface area contributed by atoms with Crippen LogP contribution in [0.3, 0.4) is 0 Å². The molecule has 1 heterocycles. The Hall–Kier alpha value is -1.19. The Kier molecular flexibility index (Phi) is 3.83. The van der Waals surface area contributed by atoms with Gasteiger partial charge in [-0.15, -0.1) is 11.3 Å². The van der Waals surface area contributed by atoms with Gasteiger partial charge in [-0.3, -0.25) is 0 Å². The molecule has 1 aromatic carbocycles. The predicted molar refractivity (Wildman–Crippen MR) is 75.8 cm³/mol. The van der Waals surface area contributed by atoms with Crippen LogP contribution in [-0.4, -0.2) is 7.05 Å². The fourth-order valence-electron chi connectivity index (χ4n) is 2.24. The van der Waals surface area contributed by atoms with E-state index in [4.69, 9.17) is 0 Å².